The summed E-state index contributed by atoms with van der Waals surface area (Å²) >= 11 is 0. The maximum atomic E-state index is 13.6. The molecule has 4 nitrogen and oxygen atoms in total. The zero-order valence-electron chi connectivity index (χ0n) is 13.7. The van der Waals surface area contributed by atoms with Gasteiger partial charge in [0.2, 0.25) is 0 Å². The van der Waals surface area contributed by atoms with Gasteiger partial charge in [0.05, 0.1) is 11.9 Å². The lowest BCUT2D eigenvalue weighted by Gasteiger charge is -2.11. The summed E-state index contributed by atoms with van der Waals surface area (Å²) in [4.78, 5) is 8.59. The second-order valence-electron chi connectivity index (χ2n) is 5.87. The number of hydrogen-bond acceptors (Lipinski definition) is 3. The van der Waals surface area contributed by atoms with Crippen molar-refractivity contribution in [3.8, 4) is 22.4 Å². The van der Waals surface area contributed by atoms with Gasteiger partial charge in [-0.15, -0.1) is 0 Å². The second-order valence-corrected chi connectivity index (χ2v) is 5.87. The van der Waals surface area contributed by atoms with Gasteiger partial charge in [-0.3, -0.25) is 4.98 Å². The lowest BCUT2D eigenvalue weighted by atomic mass is 10.1. The predicted molar refractivity (Wildman–Crippen MR) is 91.4 cm³/mol. The molecular weight excluding hydrogens is 341 g/mol. The van der Waals surface area contributed by atoms with Crippen LogP contribution in [0.15, 0.2) is 60.9 Å². The van der Waals surface area contributed by atoms with Crippen LogP contribution < -0.4 is 0 Å². The first-order valence-corrected chi connectivity index (χ1v) is 7.88. The van der Waals surface area contributed by atoms with E-state index in [9.17, 15) is 13.2 Å². The Labute approximate surface area is 147 Å². The molecule has 0 unspecified atom stereocenters. The van der Waals surface area contributed by atoms with Gasteiger partial charge >= 0.3 is 6.18 Å². The first kappa shape index (κ1) is 16.3. The van der Waals surface area contributed by atoms with E-state index in [0.717, 1.165) is 21.8 Å². The van der Waals surface area contributed by atoms with Crippen molar-refractivity contribution in [1.82, 2.24) is 19.6 Å². The van der Waals surface area contributed by atoms with Gasteiger partial charge in [-0.2, -0.15) is 18.3 Å². The molecule has 7 heteroatoms. The summed E-state index contributed by atoms with van der Waals surface area (Å²) in [6.07, 6.45) is -1.54. The minimum absolute atomic E-state index is 0.157. The molecule has 0 aliphatic rings. The van der Waals surface area contributed by atoms with E-state index in [0.29, 0.717) is 11.1 Å². The molecule has 26 heavy (non-hydrogen) atoms. The molecule has 0 N–H and O–H groups in total. The highest BCUT2D eigenvalue weighted by molar-refractivity contribution is 5.79. The van der Waals surface area contributed by atoms with E-state index in [1.54, 1.807) is 48.7 Å². The molecule has 0 radical (unpaired) electrons. The summed E-state index contributed by atoms with van der Waals surface area (Å²) in [5.74, 6) is 0. The molecular formula is C19H13F3N4. The molecule has 0 bridgehead atoms. The molecule has 3 heterocycles. The van der Waals surface area contributed by atoms with Crippen LogP contribution in [0.2, 0.25) is 0 Å². The number of halogens is 3. The second kappa shape index (κ2) is 5.94. The quantitative estimate of drug-likeness (QED) is 0.520. The molecule has 4 aromatic rings. The number of alkyl halides is 3. The third-order valence-corrected chi connectivity index (χ3v) is 4.04. The third-order valence-electron chi connectivity index (χ3n) is 4.04. The molecule has 4 rings (SSSR count). The van der Waals surface area contributed by atoms with Gasteiger partial charge in [-0.1, -0.05) is 30.3 Å². The van der Waals surface area contributed by atoms with Crippen LogP contribution in [0.1, 0.15) is 11.4 Å². The monoisotopic (exact) mass is 354 g/mol. The minimum atomic E-state index is -4.55. The number of aromatic nitrogens is 4. The maximum Gasteiger partial charge on any atom is 0.433 e. The van der Waals surface area contributed by atoms with Gasteiger partial charge in [0.25, 0.3) is 0 Å². The Hall–Kier alpha value is -3.22. The Kier molecular flexibility index (Phi) is 3.72. The number of pyridine rings is 1. The predicted octanol–water partition coefficient (Wildman–Crippen LogP) is 4.79. The Bertz CT molecular complexity index is 1090. The van der Waals surface area contributed by atoms with E-state index in [-0.39, 0.29) is 11.3 Å². The number of fused-ring (bicyclic) bond motifs is 1. The molecule has 0 saturated carbocycles. The fourth-order valence-corrected chi connectivity index (χ4v) is 2.84. The number of rotatable bonds is 2. The standard InChI is InChI=1S/C19H13F3N4/c1-12-9-14(7-8-23-12)15-11-24-26-17(19(20,21)22)10-16(25-18(15)26)13-5-3-2-4-6-13/h2-11H,1H3. The number of hydrogen-bond donors (Lipinski definition) is 0. The van der Waals surface area contributed by atoms with Crippen LogP contribution in [0.25, 0.3) is 28.0 Å². The topological polar surface area (TPSA) is 43.1 Å². The SMILES string of the molecule is Cc1cc(-c2cnn3c(C(F)(F)F)cc(-c4ccccc4)nc23)ccn1. The Morgan fingerprint density at radius 3 is 2.42 bits per heavy atom. The van der Waals surface area contributed by atoms with E-state index >= 15 is 0 Å². The van der Waals surface area contributed by atoms with Crippen LogP contribution in [0.3, 0.4) is 0 Å². The summed E-state index contributed by atoms with van der Waals surface area (Å²) in [6.45, 7) is 1.82. The lowest BCUT2D eigenvalue weighted by molar-refractivity contribution is -0.142. The van der Waals surface area contributed by atoms with Crippen molar-refractivity contribution < 1.29 is 13.2 Å². The highest BCUT2D eigenvalue weighted by atomic mass is 19.4. The Morgan fingerprint density at radius 2 is 1.73 bits per heavy atom. The summed E-state index contributed by atoms with van der Waals surface area (Å²) < 4.78 is 41.6. The van der Waals surface area contributed by atoms with Crippen molar-refractivity contribution in [2.45, 2.75) is 13.1 Å². The molecule has 3 aromatic heterocycles. The van der Waals surface area contributed by atoms with Crippen molar-refractivity contribution in [3.05, 3.63) is 72.3 Å². The zero-order chi connectivity index (χ0) is 18.3. The zero-order valence-corrected chi connectivity index (χ0v) is 13.7. The van der Waals surface area contributed by atoms with Crippen LogP contribution >= 0.6 is 0 Å². The molecule has 0 saturated heterocycles. The molecule has 130 valence electrons. The fraction of sp³-hybridized carbons (Fsp3) is 0.105. The van der Waals surface area contributed by atoms with Gasteiger partial charge in [-0.05, 0) is 30.7 Å². The molecule has 1 aromatic carbocycles. The summed E-state index contributed by atoms with van der Waals surface area (Å²) in [5.41, 5.74) is 2.16. The smallest absolute Gasteiger partial charge is 0.262 e. The van der Waals surface area contributed by atoms with Crippen molar-refractivity contribution in [2.24, 2.45) is 0 Å². The van der Waals surface area contributed by atoms with Gasteiger partial charge in [0, 0.05) is 23.0 Å². The first-order valence-electron chi connectivity index (χ1n) is 7.88. The molecule has 0 aliphatic heterocycles. The van der Waals surface area contributed by atoms with Crippen LogP contribution in [-0.4, -0.2) is 19.6 Å². The number of benzene rings is 1. The van der Waals surface area contributed by atoms with E-state index < -0.39 is 11.9 Å². The Morgan fingerprint density at radius 1 is 0.962 bits per heavy atom. The average molecular weight is 354 g/mol. The highest BCUT2D eigenvalue weighted by Gasteiger charge is 2.35. The number of nitrogens with zero attached hydrogens (tertiary/aromatic N) is 4. The van der Waals surface area contributed by atoms with E-state index in [4.69, 9.17) is 0 Å². The van der Waals surface area contributed by atoms with E-state index in [1.807, 2.05) is 6.92 Å². The molecule has 0 amide bonds. The molecule has 0 fully saturated rings. The largest absolute Gasteiger partial charge is 0.433 e. The highest BCUT2D eigenvalue weighted by Crippen LogP contribution is 2.34. The van der Waals surface area contributed by atoms with E-state index in [1.165, 1.54) is 6.20 Å². The molecule has 0 atom stereocenters. The maximum absolute atomic E-state index is 13.6. The van der Waals surface area contributed by atoms with Crippen molar-refractivity contribution in [3.63, 3.8) is 0 Å². The van der Waals surface area contributed by atoms with Gasteiger partial charge in [0.15, 0.2) is 11.3 Å². The van der Waals surface area contributed by atoms with Crippen LogP contribution in [-0.2, 0) is 6.18 Å². The van der Waals surface area contributed by atoms with Crippen LogP contribution in [0.4, 0.5) is 13.2 Å². The first-order chi connectivity index (χ1) is 12.4. The van der Waals surface area contributed by atoms with Gasteiger partial charge < -0.3 is 0 Å². The summed E-state index contributed by atoms with van der Waals surface area (Å²) in [7, 11) is 0. The van der Waals surface area contributed by atoms with Crippen molar-refractivity contribution in [2.75, 3.05) is 0 Å². The third kappa shape index (κ3) is 2.81. The summed E-state index contributed by atoms with van der Waals surface area (Å²) in [5, 5.41) is 3.94. The molecule has 0 aliphatic carbocycles. The lowest BCUT2D eigenvalue weighted by Crippen LogP contribution is -2.13. The van der Waals surface area contributed by atoms with Crippen molar-refractivity contribution >= 4 is 5.65 Å². The minimum Gasteiger partial charge on any atom is -0.262 e. The van der Waals surface area contributed by atoms with Crippen molar-refractivity contribution in [1.29, 1.82) is 0 Å². The van der Waals surface area contributed by atoms with E-state index in [2.05, 4.69) is 15.1 Å². The molecule has 0 spiro atoms. The number of aryl methyl sites for hydroxylation is 1. The van der Waals surface area contributed by atoms with Crippen LogP contribution in [0.5, 0.6) is 0 Å². The van der Waals surface area contributed by atoms with Gasteiger partial charge in [0.1, 0.15) is 0 Å². The Balaban J connectivity index is 2.02. The van der Waals surface area contributed by atoms with Gasteiger partial charge in [-0.25, -0.2) is 9.50 Å². The normalized spacial score (nSPS) is 11.8. The summed E-state index contributed by atoms with van der Waals surface area (Å²) in [6, 6.07) is 13.3. The average Bonchev–Trinajstić information content (AvgIpc) is 3.04. The fourth-order valence-electron chi connectivity index (χ4n) is 2.84. The van der Waals surface area contributed by atoms with Crippen LogP contribution in [0, 0.1) is 6.92 Å².